The van der Waals surface area contributed by atoms with Gasteiger partial charge in [0.05, 0.1) is 6.61 Å². The van der Waals surface area contributed by atoms with Crippen molar-refractivity contribution in [3.63, 3.8) is 0 Å². The monoisotopic (exact) mass is 187 g/mol. The van der Waals surface area contributed by atoms with Crippen molar-refractivity contribution in [1.29, 1.82) is 0 Å². The Morgan fingerprint density at radius 3 is 2.46 bits per heavy atom. The quantitative estimate of drug-likeness (QED) is 0.479. The van der Waals surface area contributed by atoms with Crippen LogP contribution in [0.5, 0.6) is 0 Å². The predicted molar refractivity (Wildman–Crippen MR) is 53.8 cm³/mol. The first kappa shape index (κ1) is 10.9. The largest absolute Gasteiger partial charge is 0.380 e. The maximum absolute atomic E-state index is 5.42. The average molecular weight is 187 g/mol. The van der Waals surface area contributed by atoms with E-state index in [4.69, 9.17) is 4.74 Å². The second-order valence-corrected chi connectivity index (χ2v) is 3.25. The van der Waals surface area contributed by atoms with E-state index in [2.05, 4.69) is 16.0 Å². The van der Waals surface area contributed by atoms with E-state index in [1.165, 1.54) is 6.42 Å². The van der Waals surface area contributed by atoms with E-state index in [0.29, 0.717) is 0 Å². The van der Waals surface area contributed by atoms with Crippen molar-refractivity contribution in [2.45, 2.75) is 12.8 Å². The van der Waals surface area contributed by atoms with Gasteiger partial charge in [0.25, 0.3) is 0 Å². The third-order valence-electron chi connectivity index (χ3n) is 2.02. The van der Waals surface area contributed by atoms with Crippen LogP contribution in [0.4, 0.5) is 0 Å². The molecule has 3 N–H and O–H groups in total. The van der Waals surface area contributed by atoms with Crippen LogP contribution in [0.25, 0.3) is 0 Å². The van der Waals surface area contributed by atoms with Crippen LogP contribution in [0.2, 0.25) is 0 Å². The summed E-state index contributed by atoms with van der Waals surface area (Å²) in [6.45, 7) is 6.80. The lowest BCUT2D eigenvalue weighted by Crippen LogP contribution is -2.32. The van der Waals surface area contributed by atoms with Crippen molar-refractivity contribution in [3.8, 4) is 0 Å². The van der Waals surface area contributed by atoms with Gasteiger partial charge in [0.1, 0.15) is 0 Å². The van der Waals surface area contributed by atoms with Gasteiger partial charge in [0, 0.05) is 19.8 Å². The molecule has 1 aliphatic rings. The zero-order chi connectivity index (χ0) is 9.19. The number of hydrogen-bond donors (Lipinski definition) is 3. The molecule has 0 atom stereocenters. The van der Waals surface area contributed by atoms with Crippen LogP contribution in [0.1, 0.15) is 12.8 Å². The predicted octanol–water partition coefficient (Wildman–Crippen LogP) is -0.477. The summed E-state index contributed by atoms with van der Waals surface area (Å²) in [5, 5.41) is 9.97. The van der Waals surface area contributed by atoms with Gasteiger partial charge in [0.2, 0.25) is 0 Å². The summed E-state index contributed by atoms with van der Waals surface area (Å²) in [6.07, 6.45) is 2.32. The summed E-state index contributed by atoms with van der Waals surface area (Å²) in [5.74, 6) is 0. The van der Waals surface area contributed by atoms with Gasteiger partial charge in [-0.2, -0.15) is 0 Å². The summed E-state index contributed by atoms with van der Waals surface area (Å²) in [5.41, 5.74) is 0. The van der Waals surface area contributed by atoms with Crippen LogP contribution in [0, 0.1) is 0 Å². The van der Waals surface area contributed by atoms with E-state index in [9.17, 15) is 0 Å². The standard InChI is InChI=1S/C9H21N3O/c1-3-10-5-2-7-13-8-6-12-9-11-4-1/h10-12H,1-9H2. The molecule has 0 saturated carbocycles. The second kappa shape index (κ2) is 8.44. The van der Waals surface area contributed by atoms with Crippen LogP contribution in [0.15, 0.2) is 0 Å². The van der Waals surface area contributed by atoms with Gasteiger partial charge >= 0.3 is 0 Å². The van der Waals surface area contributed by atoms with Crippen LogP contribution in [-0.4, -0.2) is 46.1 Å². The molecule has 0 radical (unpaired) electrons. The van der Waals surface area contributed by atoms with Gasteiger partial charge in [-0.15, -0.1) is 0 Å². The SMILES string of the molecule is C1CNCCCOCCNCNC1. The zero-order valence-corrected chi connectivity index (χ0v) is 8.27. The fourth-order valence-corrected chi connectivity index (χ4v) is 1.27. The molecule has 0 aromatic carbocycles. The first-order chi connectivity index (χ1) is 6.50. The lowest BCUT2D eigenvalue weighted by molar-refractivity contribution is 0.133. The van der Waals surface area contributed by atoms with Crippen LogP contribution in [-0.2, 0) is 4.74 Å². The molecule has 0 aliphatic carbocycles. The fraction of sp³-hybridized carbons (Fsp3) is 1.00. The Hall–Kier alpha value is -0.160. The minimum absolute atomic E-state index is 0.821. The molecular weight excluding hydrogens is 166 g/mol. The Balaban J connectivity index is 2.01. The first-order valence-electron chi connectivity index (χ1n) is 5.20. The van der Waals surface area contributed by atoms with Crippen molar-refractivity contribution < 1.29 is 4.74 Å². The molecule has 78 valence electrons. The average Bonchev–Trinajstić information content (AvgIpc) is 2.18. The van der Waals surface area contributed by atoms with Crippen LogP contribution < -0.4 is 16.0 Å². The van der Waals surface area contributed by atoms with Crippen molar-refractivity contribution in [3.05, 3.63) is 0 Å². The van der Waals surface area contributed by atoms with Crippen LogP contribution >= 0.6 is 0 Å². The summed E-state index contributed by atoms with van der Waals surface area (Å²) >= 11 is 0. The van der Waals surface area contributed by atoms with Crippen molar-refractivity contribution >= 4 is 0 Å². The van der Waals surface area contributed by atoms with Crippen LogP contribution in [0.3, 0.4) is 0 Å². The number of hydrogen-bond acceptors (Lipinski definition) is 4. The van der Waals surface area contributed by atoms with Crippen molar-refractivity contribution in [2.24, 2.45) is 0 Å². The molecular formula is C9H21N3O. The van der Waals surface area contributed by atoms with Gasteiger partial charge in [-0.3, -0.25) is 0 Å². The minimum atomic E-state index is 0.821. The Bertz CT molecular complexity index is 62.9. The highest BCUT2D eigenvalue weighted by atomic mass is 16.5. The molecule has 0 aromatic heterocycles. The van der Waals surface area contributed by atoms with Crippen molar-refractivity contribution in [2.75, 3.05) is 46.1 Å². The Labute approximate surface area is 80.4 Å². The molecule has 0 spiro atoms. The Kier molecular flexibility index (Phi) is 7.09. The molecule has 0 aromatic rings. The maximum Gasteiger partial charge on any atom is 0.0591 e. The number of nitrogens with one attached hydrogen (secondary N) is 3. The van der Waals surface area contributed by atoms with E-state index < -0.39 is 0 Å². The minimum Gasteiger partial charge on any atom is -0.380 e. The van der Waals surface area contributed by atoms with E-state index in [1.54, 1.807) is 0 Å². The highest BCUT2D eigenvalue weighted by Gasteiger charge is 1.93. The first-order valence-corrected chi connectivity index (χ1v) is 5.20. The van der Waals surface area contributed by atoms with E-state index in [0.717, 1.165) is 52.5 Å². The lowest BCUT2D eigenvalue weighted by Gasteiger charge is -2.05. The molecule has 0 bridgehead atoms. The molecule has 1 rings (SSSR count). The van der Waals surface area contributed by atoms with Gasteiger partial charge in [0.15, 0.2) is 0 Å². The van der Waals surface area contributed by atoms with Crippen molar-refractivity contribution in [1.82, 2.24) is 16.0 Å². The highest BCUT2D eigenvalue weighted by Crippen LogP contribution is 1.82. The topological polar surface area (TPSA) is 45.3 Å². The number of ether oxygens (including phenoxy) is 1. The molecule has 1 saturated heterocycles. The summed E-state index contributed by atoms with van der Waals surface area (Å²) in [4.78, 5) is 0. The fourth-order valence-electron chi connectivity index (χ4n) is 1.27. The van der Waals surface area contributed by atoms with E-state index >= 15 is 0 Å². The third-order valence-corrected chi connectivity index (χ3v) is 2.02. The third kappa shape index (κ3) is 6.95. The molecule has 1 heterocycles. The molecule has 0 unspecified atom stereocenters. The summed E-state index contributed by atoms with van der Waals surface area (Å²) in [7, 11) is 0. The smallest absolute Gasteiger partial charge is 0.0591 e. The molecule has 1 aliphatic heterocycles. The van der Waals surface area contributed by atoms with Gasteiger partial charge < -0.3 is 20.7 Å². The van der Waals surface area contributed by atoms with Gasteiger partial charge in [-0.25, -0.2) is 0 Å². The van der Waals surface area contributed by atoms with Gasteiger partial charge in [-0.1, -0.05) is 0 Å². The molecule has 1 fully saturated rings. The maximum atomic E-state index is 5.42. The highest BCUT2D eigenvalue weighted by molar-refractivity contribution is 4.53. The van der Waals surface area contributed by atoms with Gasteiger partial charge in [-0.05, 0) is 32.5 Å². The molecule has 4 heteroatoms. The molecule has 4 nitrogen and oxygen atoms in total. The lowest BCUT2D eigenvalue weighted by atomic mass is 10.4. The Morgan fingerprint density at radius 1 is 0.692 bits per heavy atom. The molecule has 0 amide bonds. The van der Waals surface area contributed by atoms with E-state index in [1.807, 2.05) is 0 Å². The number of rotatable bonds is 0. The Morgan fingerprint density at radius 2 is 1.46 bits per heavy atom. The summed E-state index contributed by atoms with van der Waals surface area (Å²) in [6, 6.07) is 0. The normalized spacial score (nSPS) is 24.0. The molecule has 13 heavy (non-hydrogen) atoms. The van der Waals surface area contributed by atoms with E-state index in [-0.39, 0.29) is 0 Å². The second-order valence-electron chi connectivity index (χ2n) is 3.25. The summed E-state index contributed by atoms with van der Waals surface area (Å²) < 4.78 is 5.42. The zero-order valence-electron chi connectivity index (χ0n) is 8.27.